The molecule has 1 aromatic heterocycles. The van der Waals surface area contributed by atoms with E-state index in [0.29, 0.717) is 31.6 Å². The van der Waals surface area contributed by atoms with Gasteiger partial charge in [-0.2, -0.15) is 5.10 Å². The molecule has 2 aromatic carbocycles. The average Bonchev–Trinajstić information content (AvgIpc) is 3.21. The van der Waals surface area contributed by atoms with Gasteiger partial charge in [-0.15, -0.1) is 0 Å². The fourth-order valence-corrected chi connectivity index (χ4v) is 3.40. The van der Waals surface area contributed by atoms with Crippen LogP contribution < -0.4 is 4.74 Å². The van der Waals surface area contributed by atoms with Gasteiger partial charge in [-0.05, 0) is 25.1 Å². The molecule has 2 heterocycles. The molecule has 1 N–H and O–H groups in total. The Morgan fingerprint density at radius 3 is 2.52 bits per heavy atom. The number of carbonyl (C=O) groups excluding carboxylic acids is 1. The standard InChI is InChI=1S/C22H21F2N3O2/c1-14-2-4-15(5-3-14)19-13-20(26-25-19)22(28)27-10-8-17(9-11-27)29-21-7-6-16(23)12-18(21)24/h2-7,12-13,17H,8-11H2,1H3,(H,25,26). The van der Waals surface area contributed by atoms with Crippen LogP contribution in [0.3, 0.4) is 0 Å². The molecule has 0 radical (unpaired) electrons. The normalized spacial score (nSPS) is 14.8. The number of amides is 1. The van der Waals surface area contributed by atoms with E-state index < -0.39 is 11.6 Å². The summed E-state index contributed by atoms with van der Waals surface area (Å²) in [5.41, 5.74) is 3.26. The SMILES string of the molecule is Cc1ccc(-c2cc(C(=O)N3CCC(Oc4ccc(F)cc4F)CC3)[nH]n2)cc1. The van der Waals surface area contributed by atoms with Crippen LogP contribution in [-0.2, 0) is 0 Å². The highest BCUT2D eigenvalue weighted by Crippen LogP contribution is 2.24. The number of nitrogens with one attached hydrogen (secondary N) is 1. The topological polar surface area (TPSA) is 58.2 Å². The zero-order valence-corrected chi connectivity index (χ0v) is 16.0. The van der Waals surface area contributed by atoms with Crippen LogP contribution in [0.2, 0.25) is 0 Å². The second-order valence-electron chi connectivity index (χ2n) is 7.22. The molecule has 150 valence electrons. The molecule has 0 aliphatic carbocycles. The molecule has 4 rings (SSSR count). The number of aryl methyl sites for hydroxylation is 1. The Morgan fingerprint density at radius 2 is 1.83 bits per heavy atom. The van der Waals surface area contributed by atoms with Gasteiger partial charge < -0.3 is 9.64 Å². The van der Waals surface area contributed by atoms with Gasteiger partial charge in [0.15, 0.2) is 11.6 Å². The van der Waals surface area contributed by atoms with E-state index in [2.05, 4.69) is 10.2 Å². The van der Waals surface area contributed by atoms with Gasteiger partial charge in [0.05, 0.1) is 5.69 Å². The predicted octanol–water partition coefficient (Wildman–Crippen LogP) is 4.35. The molecule has 5 nitrogen and oxygen atoms in total. The van der Waals surface area contributed by atoms with Crippen molar-refractivity contribution in [3.8, 4) is 17.0 Å². The fraction of sp³-hybridized carbons (Fsp3) is 0.273. The number of H-pyrrole nitrogens is 1. The number of benzene rings is 2. The number of hydrogen-bond acceptors (Lipinski definition) is 3. The van der Waals surface area contributed by atoms with Crippen LogP contribution in [0.5, 0.6) is 5.75 Å². The number of likely N-dealkylation sites (tertiary alicyclic amines) is 1. The summed E-state index contributed by atoms with van der Waals surface area (Å²) in [4.78, 5) is 14.5. The first kappa shape index (κ1) is 19.1. The third-order valence-corrected chi connectivity index (χ3v) is 5.07. The number of aromatic amines is 1. The Kier molecular flexibility index (Phi) is 5.29. The van der Waals surface area contributed by atoms with Gasteiger partial charge in [0.1, 0.15) is 17.6 Å². The van der Waals surface area contributed by atoms with E-state index in [9.17, 15) is 13.6 Å². The van der Waals surface area contributed by atoms with Crippen LogP contribution >= 0.6 is 0 Å². The molecule has 1 amide bonds. The maximum absolute atomic E-state index is 13.8. The van der Waals surface area contributed by atoms with Gasteiger partial charge in [-0.25, -0.2) is 8.78 Å². The molecule has 0 atom stereocenters. The summed E-state index contributed by atoms with van der Waals surface area (Å²) >= 11 is 0. The number of rotatable bonds is 4. The highest BCUT2D eigenvalue weighted by atomic mass is 19.1. The summed E-state index contributed by atoms with van der Waals surface area (Å²) in [7, 11) is 0. The van der Waals surface area contributed by atoms with Gasteiger partial charge in [-0.3, -0.25) is 9.89 Å². The molecule has 29 heavy (non-hydrogen) atoms. The molecule has 0 spiro atoms. The number of ether oxygens (including phenoxy) is 1. The number of hydrogen-bond donors (Lipinski definition) is 1. The van der Waals surface area contributed by atoms with Crippen molar-refractivity contribution in [2.45, 2.75) is 25.9 Å². The molecular weight excluding hydrogens is 376 g/mol. The molecule has 0 saturated carbocycles. The zero-order valence-electron chi connectivity index (χ0n) is 16.0. The quantitative estimate of drug-likeness (QED) is 0.712. The molecule has 0 bridgehead atoms. The van der Waals surface area contributed by atoms with Crippen LogP contribution in [0.15, 0.2) is 48.5 Å². The van der Waals surface area contributed by atoms with Gasteiger partial charge in [0.25, 0.3) is 5.91 Å². The van der Waals surface area contributed by atoms with Gasteiger partial charge in [-0.1, -0.05) is 29.8 Å². The van der Waals surface area contributed by atoms with Crippen LogP contribution in [0, 0.1) is 18.6 Å². The second-order valence-corrected chi connectivity index (χ2v) is 7.22. The Bertz CT molecular complexity index is 1010. The first-order valence-corrected chi connectivity index (χ1v) is 9.53. The molecule has 1 aliphatic rings. The van der Waals surface area contributed by atoms with E-state index >= 15 is 0 Å². The first-order chi connectivity index (χ1) is 14.0. The highest BCUT2D eigenvalue weighted by Gasteiger charge is 2.26. The van der Waals surface area contributed by atoms with Crippen LogP contribution in [0.1, 0.15) is 28.9 Å². The van der Waals surface area contributed by atoms with E-state index in [1.165, 1.54) is 12.1 Å². The summed E-state index contributed by atoms with van der Waals surface area (Å²) in [5.74, 6) is -1.45. The lowest BCUT2D eigenvalue weighted by atomic mass is 10.1. The van der Waals surface area contributed by atoms with Crippen LogP contribution in [0.25, 0.3) is 11.3 Å². The molecule has 1 saturated heterocycles. The second kappa shape index (κ2) is 8.03. The van der Waals surface area contributed by atoms with E-state index in [0.717, 1.165) is 22.9 Å². The van der Waals surface area contributed by atoms with Crippen LogP contribution in [0.4, 0.5) is 8.78 Å². The van der Waals surface area contributed by atoms with E-state index in [1.54, 1.807) is 11.0 Å². The third-order valence-electron chi connectivity index (χ3n) is 5.07. The Hall–Kier alpha value is -3.22. The lowest BCUT2D eigenvalue weighted by molar-refractivity contribution is 0.0583. The molecule has 3 aromatic rings. The first-order valence-electron chi connectivity index (χ1n) is 9.53. The van der Waals surface area contributed by atoms with Gasteiger partial charge in [0.2, 0.25) is 0 Å². The lowest BCUT2D eigenvalue weighted by Crippen LogP contribution is -2.42. The summed E-state index contributed by atoms with van der Waals surface area (Å²) in [6.45, 7) is 3.00. The molecule has 7 heteroatoms. The largest absolute Gasteiger partial charge is 0.487 e. The van der Waals surface area contributed by atoms with Crippen molar-refractivity contribution in [2.75, 3.05) is 13.1 Å². The lowest BCUT2D eigenvalue weighted by Gasteiger charge is -2.31. The number of aromatic nitrogens is 2. The van der Waals surface area contributed by atoms with Crippen molar-refractivity contribution in [3.63, 3.8) is 0 Å². The smallest absolute Gasteiger partial charge is 0.271 e. The molecule has 1 aliphatic heterocycles. The third kappa shape index (κ3) is 4.29. The Labute approximate surface area is 167 Å². The van der Waals surface area contributed by atoms with Crippen molar-refractivity contribution in [1.82, 2.24) is 15.1 Å². The highest BCUT2D eigenvalue weighted by molar-refractivity contribution is 5.93. The number of piperidine rings is 1. The summed E-state index contributed by atoms with van der Waals surface area (Å²) < 4.78 is 32.4. The number of nitrogens with zero attached hydrogens (tertiary/aromatic N) is 2. The molecular formula is C22H21F2N3O2. The molecule has 1 fully saturated rings. The number of halogens is 2. The van der Waals surface area contributed by atoms with Crippen molar-refractivity contribution < 1.29 is 18.3 Å². The summed E-state index contributed by atoms with van der Waals surface area (Å²) in [5, 5.41) is 7.07. The van der Waals surface area contributed by atoms with Crippen molar-refractivity contribution >= 4 is 5.91 Å². The van der Waals surface area contributed by atoms with Gasteiger partial charge >= 0.3 is 0 Å². The summed E-state index contributed by atoms with van der Waals surface area (Å²) in [6, 6.07) is 13.0. The van der Waals surface area contributed by atoms with Crippen molar-refractivity contribution in [3.05, 3.63) is 71.4 Å². The van der Waals surface area contributed by atoms with E-state index in [4.69, 9.17) is 4.74 Å². The van der Waals surface area contributed by atoms with Crippen molar-refractivity contribution in [2.24, 2.45) is 0 Å². The Balaban J connectivity index is 1.36. The van der Waals surface area contributed by atoms with E-state index in [-0.39, 0.29) is 17.8 Å². The maximum Gasteiger partial charge on any atom is 0.271 e. The fourth-order valence-electron chi connectivity index (χ4n) is 3.40. The maximum atomic E-state index is 13.8. The predicted molar refractivity (Wildman–Crippen MR) is 105 cm³/mol. The van der Waals surface area contributed by atoms with E-state index in [1.807, 2.05) is 31.2 Å². The minimum atomic E-state index is -0.718. The number of carbonyl (C=O) groups is 1. The minimum absolute atomic E-state index is 0.0347. The summed E-state index contributed by atoms with van der Waals surface area (Å²) in [6.07, 6.45) is 0.923. The van der Waals surface area contributed by atoms with Crippen LogP contribution in [-0.4, -0.2) is 40.2 Å². The van der Waals surface area contributed by atoms with Crippen molar-refractivity contribution in [1.29, 1.82) is 0 Å². The zero-order chi connectivity index (χ0) is 20.4. The minimum Gasteiger partial charge on any atom is -0.487 e. The average molecular weight is 397 g/mol. The van der Waals surface area contributed by atoms with Gasteiger partial charge in [0, 0.05) is 37.6 Å². The monoisotopic (exact) mass is 397 g/mol. The molecule has 0 unspecified atom stereocenters. The Morgan fingerprint density at radius 1 is 1.10 bits per heavy atom.